The molecule has 1 saturated carbocycles. The Bertz CT molecular complexity index is 607. The van der Waals surface area contributed by atoms with Crippen molar-refractivity contribution in [2.24, 2.45) is 5.92 Å². The Hall–Kier alpha value is -2.30. The third-order valence-electron chi connectivity index (χ3n) is 4.37. The number of amides is 2. The molecule has 0 saturated heterocycles. The predicted molar refractivity (Wildman–Crippen MR) is 89.9 cm³/mol. The zero-order chi connectivity index (χ0) is 16.1. The SMILES string of the molecule is CC(c1ccccc1)N(CC1CC1)C(=O)NCCn1ccnc1. The number of carbonyl (C=O) groups is 1. The van der Waals surface area contributed by atoms with E-state index in [-0.39, 0.29) is 12.1 Å². The zero-order valence-electron chi connectivity index (χ0n) is 13.6. The van der Waals surface area contributed by atoms with E-state index >= 15 is 0 Å². The van der Waals surface area contributed by atoms with Crippen molar-refractivity contribution in [1.29, 1.82) is 0 Å². The van der Waals surface area contributed by atoms with Crippen LogP contribution in [0, 0.1) is 5.92 Å². The smallest absolute Gasteiger partial charge is 0.317 e. The molecule has 2 aromatic rings. The molecule has 2 amide bonds. The van der Waals surface area contributed by atoms with Crippen molar-refractivity contribution in [3.05, 3.63) is 54.6 Å². The number of benzene rings is 1. The van der Waals surface area contributed by atoms with E-state index in [2.05, 4.69) is 29.4 Å². The van der Waals surface area contributed by atoms with Crippen LogP contribution in [0.25, 0.3) is 0 Å². The topological polar surface area (TPSA) is 50.2 Å². The van der Waals surface area contributed by atoms with Crippen LogP contribution < -0.4 is 5.32 Å². The molecule has 0 radical (unpaired) electrons. The molecule has 122 valence electrons. The minimum Gasteiger partial charge on any atom is -0.336 e. The van der Waals surface area contributed by atoms with Crippen molar-refractivity contribution >= 4 is 6.03 Å². The van der Waals surface area contributed by atoms with E-state index < -0.39 is 0 Å². The Morgan fingerprint density at radius 3 is 2.83 bits per heavy atom. The monoisotopic (exact) mass is 312 g/mol. The molecule has 1 heterocycles. The molecule has 1 fully saturated rings. The molecule has 23 heavy (non-hydrogen) atoms. The fourth-order valence-corrected chi connectivity index (χ4v) is 2.72. The molecular weight excluding hydrogens is 288 g/mol. The van der Waals surface area contributed by atoms with Gasteiger partial charge in [0.1, 0.15) is 0 Å². The highest BCUT2D eigenvalue weighted by molar-refractivity contribution is 5.74. The first-order chi connectivity index (χ1) is 11.2. The number of nitrogens with zero attached hydrogens (tertiary/aromatic N) is 3. The van der Waals surface area contributed by atoms with Crippen molar-refractivity contribution < 1.29 is 4.79 Å². The second-order valence-electron chi connectivity index (χ2n) is 6.21. The molecule has 5 heteroatoms. The summed E-state index contributed by atoms with van der Waals surface area (Å²) < 4.78 is 1.96. The predicted octanol–water partition coefficient (Wildman–Crippen LogP) is 3.07. The molecule has 0 aliphatic heterocycles. The second-order valence-corrected chi connectivity index (χ2v) is 6.21. The van der Waals surface area contributed by atoms with E-state index in [1.165, 1.54) is 18.4 Å². The maximum atomic E-state index is 12.6. The first-order valence-electron chi connectivity index (χ1n) is 8.29. The van der Waals surface area contributed by atoms with Gasteiger partial charge in [-0.1, -0.05) is 30.3 Å². The molecule has 0 spiro atoms. The quantitative estimate of drug-likeness (QED) is 0.854. The lowest BCUT2D eigenvalue weighted by Gasteiger charge is -2.30. The van der Waals surface area contributed by atoms with E-state index in [1.54, 1.807) is 12.5 Å². The average Bonchev–Trinajstić information content (AvgIpc) is 3.26. The lowest BCUT2D eigenvalue weighted by Crippen LogP contribution is -2.43. The minimum atomic E-state index is 0.0216. The van der Waals surface area contributed by atoms with Gasteiger partial charge >= 0.3 is 6.03 Å². The lowest BCUT2D eigenvalue weighted by atomic mass is 10.1. The van der Waals surface area contributed by atoms with Gasteiger partial charge in [-0.2, -0.15) is 0 Å². The second kappa shape index (κ2) is 7.31. The van der Waals surface area contributed by atoms with Crippen LogP contribution in [0.4, 0.5) is 4.79 Å². The molecule has 1 aliphatic rings. The van der Waals surface area contributed by atoms with E-state index in [1.807, 2.05) is 33.9 Å². The van der Waals surface area contributed by atoms with Crippen LogP contribution in [0.2, 0.25) is 0 Å². The molecule has 3 rings (SSSR count). The average molecular weight is 312 g/mol. The van der Waals surface area contributed by atoms with Crippen LogP contribution in [0.5, 0.6) is 0 Å². The van der Waals surface area contributed by atoms with Gasteiger partial charge in [0, 0.05) is 32.0 Å². The summed E-state index contributed by atoms with van der Waals surface area (Å²) in [6.07, 6.45) is 7.89. The fourth-order valence-electron chi connectivity index (χ4n) is 2.72. The maximum absolute atomic E-state index is 12.6. The van der Waals surface area contributed by atoms with Gasteiger partial charge in [-0.25, -0.2) is 9.78 Å². The summed E-state index contributed by atoms with van der Waals surface area (Å²) in [5.74, 6) is 0.667. The summed E-state index contributed by atoms with van der Waals surface area (Å²) in [6.45, 7) is 4.29. The molecule has 1 unspecified atom stereocenters. The normalized spacial score (nSPS) is 15.2. The molecule has 1 aliphatic carbocycles. The lowest BCUT2D eigenvalue weighted by molar-refractivity contribution is 0.175. The first-order valence-corrected chi connectivity index (χ1v) is 8.29. The number of urea groups is 1. The Kier molecular flexibility index (Phi) is 4.95. The summed E-state index contributed by atoms with van der Waals surface area (Å²) in [4.78, 5) is 18.6. The van der Waals surface area contributed by atoms with Crippen molar-refractivity contribution in [2.45, 2.75) is 32.4 Å². The van der Waals surface area contributed by atoms with Crippen molar-refractivity contribution in [1.82, 2.24) is 19.8 Å². The van der Waals surface area contributed by atoms with Crippen LogP contribution in [0.1, 0.15) is 31.4 Å². The number of imidazole rings is 1. The van der Waals surface area contributed by atoms with E-state index in [4.69, 9.17) is 0 Å². The van der Waals surface area contributed by atoms with E-state index in [0.717, 1.165) is 13.1 Å². The van der Waals surface area contributed by atoms with Crippen LogP contribution in [0.3, 0.4) is 0 Å². The van der Waals surface area contributed by atoms with Gasteiger partial charge in [-0.3, -0.25) is 0 Å². The first kappa shape index (κ1) is 15.6. The molecule has 1 aromatic carbocycles. The van der Waals surface area contributed by atoms with E-state index in [0.29, 0.717) is 12.5 Å². The molecule has 1 aromatic heterocycles. The van der Waals surface area contributed by atoms with Gasteiger partial charge < -0.3 is 14.8 Å². The number of hydrogen-bond acceptors (Lipinski definition) is 2. The highest BCUT2D eigenvalue weighted by atomic mass is 16.2. The van der Waals surface area contributed by atoms with Crippen LogP contribution >= 0.6 is 0 Å². The van der Waals surface area contributed by atoms with E-state index in [9.17, 15) is 4.79 Å². The maximum Gasteiger partial charge on any atom is 0.317 e. The molecule has 1 atom stereocenters. The van der Waals surface area contributed by atoms with Crippen LogP contribution in [-0.2, 0) is 6.54 Å². The Labute approximate surface area is 137 Å². The number of hydrogen-bond donors (Lipinski definition) is 1. The largest absolute Gasteiger partial charge is 0.336 e. The van der Waals surface area contributed by atoms with Crippen LogP contribution in [0.15, 0.2) is 49.1 Å². The molecule has 0 bridgehead atoms. The Morgan fingerprint density at radius 2 is 2.17 bits per heavy atom. The summed E-state index contributed by atoms with van der Waals surface area (Å²) in [7, 11) is 0. The van der Waals surface area contributed by atoms with Gasteiger partial charge in [-0.15, -0.1) is 0 Å². The summed E-state index contributed by atoms with van der Waals surface area (Å²) in [5, 5.41) is 3.04. The molecule has 5 nitrogen and oxygen atoms in total. The molecular formula is C18H24N4O. The zero-order valence-corrected chi connectivity index (χ0v) is 13.6. The van der Waals surface area contributed by atoms with Gasteiger partial charge in [0.2, 0.25) is 0 Å². The summed E-state index contributed by atoms with van der Waals surface area (Å²) in [6, 6.07) is 10.3. The standard InChI is InChI=1S/C18H24N4O/c1-15(17-5-3-2-4-6-17)22(13-16-7-8-16)18(23)20-10-12-21-11-9-19-14-21/h2-6,9,11,14-16H,7-8,10,12-13H2,1H3,(H,20,23). The molecule has 1 N–H and O–H groups in total. The number of aromatic nitrogens is 2. The Balaban J connectivity index is 1.59. The number of rotatable bonds is 7. The van der Waals surface area contributed by atoms with Gasteiger partial charge in [0.05, 0.1) is 12.4 Å². The number of nitrogens with one attached hydrogen (secondary N) is 1. The van der Waals surface area contributed by atoms with Crippen LogP contribution in [-0.4, -0.2) is 33.6 Å². The summed E-state index contributed by atoms with van der Waals surface area (Å²) in [5.41, 5.74) is 1.18. The highest BCUT2D eigenvalue weighted by Crippen LogP contribution is 2.32. The van der Waals surface area contributed by atoms with Gasteiger partial charge in [0.15, 0.2) is 0 Å². The summed E-state index contributed by atoms with van der Waals surface area (Å²) >= 11 is 0. The fraction of sp³-hybridized carbons (Fsp3) is 0.444. The highest BCUT2D eigenvalue weighted by Gasteiger charge is 2.29. The van der Waals surface area contributed by atoms with Crippen molar-refractivity contribution in [3.63, 3.8) is 0 Å². The van der Waals surface area contributed by atoms with Gasteiger partial charge in [-0.05, 0) is 31.2 Å². The number of carbonyl (C=O) groups excluding carboxylic acids is 1. The van der Waals surface area contributed by atoms with Gasteiger partial charge in [0.25, 0.3) is 0 Å². The van der Waals surface area contributed by atoms with Crippen molar-refractivity contribution in [3.8, 4) is 0 Å². The third-order valence-corrected chi connectivity index (χ3v) is 4.37. The third kappa shape index (κ3) is 4.34. The minimum absolute atomic E-state index is 0.0216. The van der Waals surface area contributed by atoms with Crippen molar-refractivity contribution in [2.75, 3.05) is 13.1 Å². The Morgan fingerprint density at radius 1 is 1.39 bits per heavy atom.